The van der Waals surface area contributed by atoms with Crippen LogP contribution < -0.4 is 5.32 Å². The van der Waals surface area contributed by atoms with Crippen molar-refractivity contribution in [1.82, 2.24) is 10.2 Å². The second kappa shape index (κ2) is 4.57. The first-order valence-corrected chi connectivity index (χ1v) is 6.58. The summed E-state index contributed by atoms with van der Waals surface area (Å²) in [6.07, 6.45) is 0.385. The van der Waals surface area contributed by atoms with Gasteiger partial charge >= 0.3 is 5.97 Å². The molecule has 20 heavy (non-hydrogen) atoms. The van der Waals surface area contributed by atoms with Gasteiger partial charge in [0.2, 0.25) is 17.7 Å². The average Bonchev–Trinajstić information content (AvgIpc) is 2.90. The third kappa shape index (κ3) is 2.07. The Labute approximate surface area is 116 Å². The number of amides is 3. The van der Waals surface area contributed by atoms with Crippen LogP contribution in [0.1, 0.15) is 27.2 Å². The summed E-state index contributed by atoms with van der Waals surface area (Å²) in [5.74, 6) is -3.90. The number of hydrogen-bond acceptors (Lipinski definition) is 4. The van der Waals surface area contributed by atoms with E-state index in [2.05, 4.69) is 5.32 Å². The number of hydrogen-bond donors (Lipinski definition) is 2. The lowest BCUT2D eigenvalue weighted by Crippen LogP contribution is -2.60. The van der Waals surface area contributed by atoms with Crippen molar-refractivity contribution in [2.24, 2.45) is 17.3 Å². The Kier molecular flexibility index (Phi) is 3.31. The van der Waals surface area contributed by atoms with Gasteiger partial charge in [-0.05, 0) is 11.8 Å². The number of carbonyl (C=O) groups is 4. The number of carboxylic acid groups (broad SMARTS) is 1. The van der Waals surface area contributed by atoms with E-state index in [1.807, 2.05) is 0 Å². The van der Waals surface area contributed by atoms with Gasteiger partial charge in [-0.1, -0.05) is 20.8 Å². The zero-order chi connectivity index (χ0) is 15.2. The fourth-order valence-corrected chi connectivity index (χ4v) is 3.04. The van der Waals surface area contributed by atoms with Gasteiger partial charge in [0.15, 0.2) is 0 Å². The van der Waals surface area contributed by atoms with Crippen LogP contribution in [0.3, 0.4) is 0 Å². The molecule has 3 atom stereocenters. The highest BCUT2D eigenvalue weighted by molar-refractivity contribution is 6.05. The van der Waals surface area contributed by atoms with E-state index in [1.165, 1.54) is 4.90 Å². The molecule has 110 valence electrons. The van der Waals surface area contributed by atoms with Gasteiger partial charge in [-0.3, -0.25) is 24.5 Å². The third-order valence-electron chi connectivity index (χ3n) is 4.28. The highest BCUT2D eigenvalue weighted by atomic mass is 16.4. The average molecular weight is 282 g/mol. The summed E-state index contributed by atoms with van der Waals surface area (Å²) >= 11 is 0. The van der Waals surface area contributed by atoms with Crippen molar-refractivity contribution in [3.8, 4) is 0 Å². The summed E-state index contributed by atoms with van der Waals surface area (Å²) in [6, 6.07) is -0.703. The summed E-state index contributed by atoms with van der Waals surface area (Å²) in [5.41, 5.74) is -0.641. The summed E-state index contributed by atoms with van der Waals surface area (Å²) in [6.45, 7) is 4.97. The number of nitrogens with one attached hydrogen (secondary N) is 1. The fraction of sp³-hybridized carbons (Fsp3) is 0.692. The van der Waals surface area contributed by atoms with E-state index in [0.717, 1.165) is 0 Å². The molecule has 7 nitrogen and oxygen atoms in total. The molecule has 2 fully saturated rings. The Morgan fingerprint density at radius 2 is 1.95 bits per heavy atom. The van der Waals surface area contributed by atoms with Gasteiger partial charge in [0.25, 0.3) is 0 Å². The first kappa shape index (κ1) is 14.5. The lowest BCUT2D eigenvalue weighted by atomic mass is 10.1. The summed E-state index contributed by atoms with van der Waals surface area (Å²) < 4.78 is 0. The van der Waals surface area contributed by atoms with Gasteiger partial charge in [-0.2, -0.15) is 0 Å². The highest BCUT2D eigenvalue weighted by Gasteiger charge is 2.67. The van der Waals surface area contributed by atoms with Crippen molar-refractivity contribution in [3.63, 3.8) is 0 Å². The lowest BCUT2D eigenvalue weighted by Gasteiger charge is -2.33. The monoisotopic (exact) mass is 282 g/mol. The largest absolute Gasteiger partial charge is 0.481 e. The van der Waals surface area contributed by atoms with Gasteiger partial charge in [-0.25, -0.2) is 0 Å². The molecule has 3 amide bonds. The molecule has 0 aromatic carbocycles. The minimum atomic E-state index is -1.02. The number of carbonyl (C=O) groups excluding carboxylic acids is 3. The lowest BCUT2D eigenvalue weighted by molar-refractivity contribution is -0.151. The van der Waals surface area contributed by atoms with Crippen LogP contribution in [-0.2, 0) is 19.2 Å². The molecule has 1 saturated carbocycles. The van der Waals surface area contributed by atoms with Gasteiger partial charge in [0, 0.05) is 0 Å². The van der Waals surface area contributed by atoms with Crippen molar-refractivity contribution in [2.45, 2.75) is 33.2 Å². The molecular weight excluding hydrogens is 264 g/mol. The zero-order valence-electron chi connectivity index (χ0n) is 11.7. The molecule has 0 spiro atoms. The molecule has 0 aromatic heterocycles. The van der Waals surface area contributed by atoms with E-state index in [1.54, 1.807) is 20.8 Å². The van der Waals surface area contributed by atoms with E-state index < -0.39 is 47.0 Å². The molecule has 0 bridgehead atoms. The smallest absolute Gasteiger partial charge is 0.307 e. The van der Waals surface area contributed by atoms with Crippen LogP contribution in [0.25, 0.3) is 0 Å². The minimum Gasteiger partial charge on any atom is -0.481 e. The molecule has 2 N–H and O–H groups in total. The van der Waals surface area contributed by atoms with Gasteiger partial charge in [0.05, 0.1) is 11.8 Å². The van der Waals surface area contributed by atoms with Crippen molar-refractivity contribution in [3.05, 3.63) is 0 Å². The molecule has 2 rings (SSSR count). The normalized spacial score (nSPS) is 31.8. The van der Waals surface area contributed by atoms with E-state index in [0.29, 0.717) is 6.42 Å². The van der Waals surface area contributed by atoms with E-state index in [-0.39, 0.29) is 6.54 Å². The van der Waals surface area contributed by atoms with Crippen LogP contribution in [0.15, 0.2) is 0 Å². The number of nitrogens with zero attached hydrogens (tertiary/aromatic N) is 1. The SMILES string of the molecule is CCC1C(=O)NC(=O)CN1C(=O)[C@H]1[C@@H](C(=O)O)C1(C)C. The van der Waals surface area contributed by atoms with Crippen LogP contribution in [-0.4, -0.2) is 46.3 Å². The van der Waals surface area contributed by atoms with Crippen LogP contribution in [0.2, 0.25) is 0 Å². The van der Waals surface area contributed by atoms with Crippen LogP contribution in [0, 0.1) is 17.3 Å². The predicted molar refractivity (Wildman–Crippen MR) is 67.3 cm³/mol. The van der Waals surface area contributed by atoms with Gasteiger partial charge < -0.3 is 10.0 Å². The van der Waals surface area contributed by atoms with Crippen molar-refractivity contribution < 1.29 is 24.3 Å². The fourth-order valence-electron chi connectivity index (χ4n) is 3.04. The van der Waals surface area contributed by atoms with Crippen molar-refractivity contribution in [2.75, 3.05) is 6.54 Å². The Morgan fingerprint density at radius 1 is 1.35 bits per heavy atom. The molecule has 1 unspecified atom stereocenters. The Bertz CT molecular complexity index is 499. The molecule has 2 aliphatic rings. The van der Waals surface area contributed by atoms with Gasteiger partial charge in [-0.15, -0.1) is 0 Å². The maximum absolute atomic E-state index is 12.5. The molecule has 0 radical (unpaired) electrons. The van der Waals surface area contributed by atoms with Crippen molar-refractivity contribution in [1.29, 1.82) is 0 Å². The quantitative estimate of drug-likeness (QED) is 0.686. The van der Waals surface area contributed by atoms with E-state index in [4.69, 9.17) is 5.11 Å². The summed E-state index contributed by atoms with van der Waals surface area (Å²) in [4.78, 5) is 48.0. The molecular formula is C13H18N2O5. The first-order chi connectivity index (χ1) is 9.21. The van der Waals surface area contributed by atoms with E-state index >= 15 is 0 Å². The first-order valence-electron chi connectivity index (χ1n) is 6.58. The zero-order valence-corrected chi connectivity index (χ0v) is 11.7. The maximum Gasteiger partial charge on any atom is 0.307 e. The second-order valence-electron chi connectivity index (χ2n) is 5.92. The van der Waals surface area contributed by atoms with Gasteiger partial charge in [0.1, 0.15) is 12.6 Å². The number of rotatable bonds is 3. The number of piperazine rings is 1. The van der Waals surface area contributed by atoms with Crippen molar-refractivity contribution >= 4 is 23.7 Å². The second-order valence-corrected chi connectivity index (χ2v) is 5.92. The van der Waals surface area contributed by atoms with E-state index in [9.17, 15) is 19.2 Å². The molecule has 7 heteroatoms. The summed E-state index contributed by atoms with van der Waals surface area (Å²) in [7, 11) is 0. The van der Waals surface area contributed by atoms with Crippen LogP contribution in [0.5, 0.6) is 0 Å². The maximum atomic E-state index is 12.5. The Hall–Kier alpha value is -1.92. The minimum absolute atomic E-state index is 0.192. The third-order valence-corrected chi connectivity index (χ3v) is 4.28. The number of aliphatic carboxylic acids is 1. The molecule has 1 aliphatic heterocycles. The standard InChI is InChI=1S/C13H18N2O5/c1-4-6-10(17)14-7(16)5-15(6)11(18)8-9(12(19)20)13(8,2)3/h6,8-9H,4-5H2,1-3H3,(H,19,20)(H,14,16,17)/t6?,8-,9+/m1/s1. The highest BCUT2D eigenvalue weighted by Crippen LogP contribution is 2.59. The number of imide groups is 1. The molecule has 1 saturated heterocycles. The molecule has 1 heterocycles. The molecule has 0 aromatic rings. The topological polar surface area (TPSA) is 104 Å². The predicted octanol–water partition coefficient (Wildman–Crippen LogP) is -0.393. The molecule has 1 aliphatic carbocycles. The number of carboxylic acids is 1. The van der Waals surface area contributed by atoms with Crippen LogP contribution in [0.4, 0.5) is 0 Å². The Balaban J connectivity index is 2.22. The summed E-state index contributed by atoms with van der Waals surface area (Å²) in [5, 5.41) is 11.3. The Morgan fingerprint density at radius 3 is 2.40 bits per heavy atom. The van der Waals surface area contributed by atoms with Crippen LogP contribution >= 0.6 is 0 Å².